The number of anilines is 2. The van der Waals surface area contributed by atoms with E-state index in [0.29, 0.717) is 28.3 Å². The van der Waals surface area contributed by atoms with Crippen LogP contribution in [0.4, 0.5) is 10.8 Å². The Hall–Kier alpha value is -2.45. The molecular formula is C18H19N3O3S2. The van der Waals surface area contributed by atoms with Crippen LogP contribution < -0.4 is 10.0 Å². The van der Waals surface area contributed by atoms with Crippen LogP contribution in [0.2, 0.25) is 0 Å². The molecule has 0 atom stereocenters. The number of amides is 1. The number of carbonyl (C=O) groups is 1. The minimum atomic E-state index is -3.68. The molecule has 3 aromatic rings. The molecule has 0 bridgehead atoms. The zero-order chi connectivity index (χ0) is 18.7. The molecule has 2 aromatic carbocycles. The summed E-state index contributed by atoms with van der Waals surface area (Å²) in [6.07, 6.45) is 1.21. The molecule has 0 unspecified atom stereocenters. The molecule has 0 aliphatic carbocycles. The van der Waals surface area contributed by atoms with Crippen molar-refractivity contribution >= 4 is 48.3 Å². The zero-order valence-electron chi connectivity index (χ0n) is 14.4. The molecular weight excluding hydrogens is 370 g/mol. The zero-order valence-corrected chi connectivity index (χ0v) is 16.1. The Labute approximate surface area is 156 Å². The third kappa shape index (κ3) is 4.03. The Morgan fingerprint density at radius 1 is 1.19 bits per heavy atom. The summed E-state index contributed by atoms with van der Waals surface area (Å²) in [5.74, 6) is -0.0768. The van der Waals surface area contributed by atoms with E-state index in [1.807, 2.05) is 6.92 Å². The third-order valence-electron chi connectivity index (χ3n) is 3.75. The van der Waals surface area contributed by atoms with Crippen LogP contribution in [0.3, 0.4) is 0 Å². The van der Waals surface area contributed by atoms with Crippen LogP contribution in [0.1, 0.15) is 25.3 Å². The first-order valence-corrected chi connectivity index (χ1v) is 10.5. The maximum Gasteiger partial charge on any atom is 0.262 e. The van der Waals surface area contributed by atoms with Crippen molar-refractivity contribution in [2.75, 3.05) is 10.0 Å². The first-order chi connectivity index (χ1) is 12.4. The second-order valence-corrected chi connectivity index (χ2v) is 8.55. The summed E-state index contributed by atoms with van der Waals surface area (Å²) in [6.45, 7) is 3.69. The van der Waals surface area contributed by atoms with Crippen LogP contribution in [0.5, 0.6) is 0 Å². The Kier molecular flexibility index (Phi) is 5.24. The second kappa shape index (κ2) is 7.43. The average Bonchev–Trinajstić information content (AvgIpc) is 2.96. The fourth-order valence-corrected chi connectivity index (χ4v) is 4.68. The van der Waals surface area contributed by atoms with Crippen LogP contribution in [-0.4, -0.2) is 19.3 Å². The highest BCUT2D eigenvalue weighted by Gasteiger charge is 2.17. The molecule has 3 rings (SSSR count). The van der Waals surface area contributed by atoms with Gasteiger partial charge in [0.15, 0.2) is 5.13 Å². The van der Waals surface area contributed by atoms with Gasteiger partial charge in [0.2, 0.25) is 5.91 Å². The van der Waals surface area contributed by atoms with E-state index in [-0.39, 0.29) is 10.8 Å². The van der Waals surface area contributed by atoms with E-state index >= 15 is 0 Å². The fourth-order valence-electron chi connectivity index (χ4n) is 2.52. The summed E-state index contributed by atoms with van der Waals surface area (Å²) >= 11 is 1.36. The number of nitrogens with zero attached hydrogens (tertiary/aromatic N) is 1. The number of carbonyl (C=O) groups excluding carboxylic acids is 1. The van der Waals surface area contributed by atoms with E-state index in [0.717, 1.165) is 11.1 Å². The van der Waals surface area contributed by atoms with Gasteiger partial charge in [-0.25, -0.2) is 13.4 Å². The summed E-state index contributed by atoms with van der Waals surface area (Å²) in [7, 11) is -3.68. The predicted molar refractivity (Wildman–Crippen MR) is 105 cm³/mol. The average molecular weight is 390 g/mol. The number of aryl methyl sites for hydroxylation is 1. The Bertz CT molecular complexity index is 1060. The number of fused-ring (bicyclic) bond motifs is 1. The molecule has 1 aromatic heterocycles. The van der Waals surface area contributed by atoms with Gasteiger partial charge in [-0.2, -0.15) is 0 Å². The van der Waals surface area contributed by atoms with E-state index in [1.165, 1.54) is 11.3 Å². The monoisotopic (exact) mass is 389 g/mol. The number of nitrogens with one attached hydrogen (secondary N) is 2. The van der Waals surface area contributed by atoms with E-state index in [9.17, 15) is 13.2 Å². The Morgan fingerprint density at radius 2 is 1.96 bits per heavy atom. The van der Waals surface area contributed by atoms with Crippen LogP contribution in [0.15, 0.2) is 47.4 Å². The van der Waals surface area contributed by atoms with Gasteiger partial charge in [-0.3, -0.25) is 9.52 Å². The lowest BCUT2D eigenvalue weighted by Gasteiger charge is -2.10. The van der Waals surface area contributed by atoms with Crippen molar-refractivity contribution in [1.29, 1.82) is 0 Å². The van der Waals surface area contributed by atoms with E-state index in [2.05, 4.69) is 15.0 Å². The number of sulfonamides is 1. The summed E-state index contributed by atoms with van der Waals surface area (Å²) in [5.41, 5.74) is 1.74. The molecule has 1 amide bonds. The maximum absolute atomic E-state index is 12.6. The molecule has 0 aliphatic rings. The number of hydrogen-bond donors (Lipinski definition) is 2. The molecule has 2 N–H and O–H groups in total. The molecule has 0 saturated heterocycles. The summed E-state index contributed by atoms with van der Waals surface area (Å²) in [4.78, 5) is 16.3. The topological polar surface area (TPSA) is 88.2 Å². The highest BCUT2D eigenvalue weighted by Crippen LogP contribution is 2.29. The van der Waals surface area contributed by atoms with Gasteiger partial charge in [-0.15, -0.1) is 0 Å². The molecule has 136 valence electrons. The first kappa shape index (κ1) is 18.3. The molecule has 0 aliphatic heterocycles. The summed E-state index contributed by atoms with van der Waals surface area (Å²) < 4.78 is 28.6. The molecule has 0 fully saturated rings. The maximum atomic E-state index is 12.6. The fraction of sp³-hybridized carbons (Fsp3) is 0.222. The van der Waals surface area contributed by atoms with Crippen molar-refractivity contribution in [2.45, 2.75) is 31.6 Å². The molecule has 0 radical (unpaired) electrons. The van der Waals surface area contributed by atoms with E-state index < -0.39 is 10.0 Å². The van der Waals surface area contributed by atoms with Crippen LogP contribution in [-0.2, 0) is 14.8 Å². The van der Waals surface area contributed by atoms with E-state index in [1.54, 1.807) is 49.4 Å². The van der Waals surface area contributed by atoms with Gasteiger partial charge in [0.05, 0.1) is 20.8 Å². The lowest BCUT2D eigenvalue weighted by atomic mass is 10.2. The molecule has 6 nitrogen and oxygen atoms in total. The molecule has 1 heterocycles. The van der Waals surface area contributed by atoms with E-state index in [4.69, 9.17) is 0 Å². The third-order valence-corrected chi connectivity index (χ3v) is 6.24. The standard InChI is InChI=1S/C18H19N3O3S2/c1-3-6-17(22)20-18-19-14-11-13(9-10-15(14)25-18)21-26(23,24)16-8-5-4-7-12(16)2/h4-5,7-11,21H,3,6H2,1-2H3,(H,19,20,22). The van der Waals surface area contributed by atoms with Crippen molar-refractivity contribution in [3.05, 3.63) is 48.0 Å². The SMILES string of the molecule is CCCC(=O)Nc1nc2cc(NS(=O)(=O)c3ccccc3C)ccc2s1. The van der Waals surface area contributed by atoms with Gasteiger partial charge in [0, 0.05) is 6.42 Å². The smallest absolute Gasteiger partial charge is 0.262 e. The van der Waals surface area contributed by atoms with Crippen LogP contribution in [0.25, 0.3) is 10.2 Å². The van der Waals surface area contributed by atoms with Crippen molar-refractivity contribution in [3.63, 3.8) is 0 Å². The van der Waals surface area contributed by atoms with Gasteiger partial charge in [0.1, 0.15) is 0 Å². The Morgan fingerprint density at radius 3 is 2.69 bits per heavy atom. The van der Waals surface area contributed by atoms with Crippen molar-refractivity contribution in [3.8, 4) is 0 Å². The molecule has 26 heavy (non-hydrogen) atoms. The normalized spacial score (nSPS) is 11.5. The first-order valence-electron chi connectivity index (χ1n) is 8.18. The largest absolute Gasteiger partial charge is 0.302 e. The van der Waals surface area contributed by atoms with Crippen LogP contribution >= 0.6 is 11.3 Å². The summed E-state index contributed by atoms with van der Waals surface area (Å²) in [5, 5.41) is 3.27. The lowest BCUT2D eigenvalue weighted by molar-refractivity contribution is -0.116. The van der Waals surface area contributed by atoms with Crippen molar-refractivity contribution < 1.29 is 13.2 Å². The van der Waals surface area contributed by atoms with Gasteiger partial charge in [0.25, 0.3) is 10.0 Å². The molecule has 0 saturated carbocycles. The van der Waals surface area contributed by atoms with Crippen molar-refractivity contribution in [1.82, 2.24) is 4.98 Å². The lowest BCUT2D eigenvalue weighted by Crippen LogP contribution is -2.14. The number of thiazole rings is 1. The van der Waals surface area contributed by atoms with Gasteiger partial charge >= 0.3 is 0 Å². The highest BCUT2D eigenvalue weighted by molar-refractivity contribution is 7.92. The van der Waals surface area contributed by atoms with Gasteiger partial charge in [-0.1, -0.05) is 36.5 Å². The number of rotatable bonds is 6. The molecule has 8 heteroatoms. The second-order valence-electron chi connectivity index (χ2n) is 5.87. The quantitative estimate of drug-likeness (QED) is 0.663. The van der Waals surface area contributed by atoms with Crippen LogP contribution in [0, 0.1) is 6.92 Å². The predicted octanol–water partition coefficient (Wildman–Crippen LogP) is 4.14. The molecule has 0 spiro atoms. The number of benzene rings is 2. The van der Waals surface area contributed by atoms with Crippen molar-refractivity contribution in [2.24, 2.45) is 0 Å². The van der Waals surface area contributed by atoms with Gasteiger partial charge < -0.3 is 5.32 Å². The number of aromatic nitrogens is 1. The highest BCUT2D eigenvalue weighted by atomic mass is 32.2. The Balaban J connectivity index is 1.85. The number of hydrogen-bond acceptors (Lipinski definition) is 5. The minimum absolute atomic E-state index is 0.0768. The minimum Gasteiger partial charge on any atom is -0.302 e. The summed E-state index contributed by atoms with van der Waals surface area (Å²) in [6, 6.07) is 12.0. The van der Waals surface area contributed by atoms with Gasteiger partial charge in [-0.05, 0) is 43.2 Å².